The molecule has 1 aliphatic carbocycles. The number of ether oxygens (including phenoxy) is 1. The molecule has 6 heteroatoms. The molecule has 1 amide bonds. The highest BCUT2D eigenvalue weighted by molar-refractivity contribution is 5.76. The summed E-state index contributed by atoms with van der Waals surface area (Å²) in [5.41, 5.74) is 0.884. The third kappa shape index (κ3) is 4.54. The lowest BCUT2D eigenvalue weighted by molar-refractivity contribution is -0.131. The number of amides is 1. The summed E-state index contributed by atoms with van der Waals surface area (Å²) in [6.07, 6.45) is 8.86. The highest BCUT2D eigenvalue weighted by Crippen LogP contribution is 2.29. The fraction of sp³-hybridized carbons (Fsp3) is 0.591. The topological polar surface area (TPSA) is 68.5 Å². The number of hydrogen-bond acceptors (Lipinski definition) is 5. The van der Waals surface area contributed by atoms with Gasteiger partial charge < -0.3 is 14.2 Å². The first-order valence-electron chi connectivity index (χ1n) is 10.5. The summed E-state index contributed by atoms with van der Waals surface area (Å²) in [5.74, 6) is 3.40. The van der Waals surface area contributed by atoms with E-state index in [2.05, 4.69) is 10.1 Å². The van der Waals surface area contributed by atoms with Crippen LogP contribution in [0.3, 0.4) is 0 Å². The Kier molecular flexibility index (Phi) is 5.93. The van der Waals surface area contributed by atoms with Crippen LogP contribution >= 0.6 is 0 Å². The molecule has 0 radical (unpaired) electrons. The molecule has 1 unspecified atom stereocenters. The number of carbonyl (C=O) groups excluding carboxylic acids is 1. The van der Waals surface area contributed by atoms with Gasteiger partial charge in [-0.15, -0.1) is 0 Å². The fourth-order valence-electron chi connectivity index (χ4n) is 4.44. The Balaban J connectivity index is 1.29. The Bertz CT molecular complexity index is 781. The SMILES string of the molecule is COc1ccc(-c2nc(CC3CCN(C(=O)CC4CCCCC4)C3)no2)cc1. The van der Waals surface area contributed by atoms with Gasteiger partial charge in [-0.2, -0.15) is 4.98 Å². The average molecular weight is 383 g/mol. The van der Waals surface area contributed by atoms with Gasteiger partial charge in [-0.05, 0) is 55.4 Å². The van der Waals surface area contributed by atoms with E-state index in [1.807, 2.05) is 29.2 Å². The number of hydrogen-bond donors (Lipinski definition) is 0. The van der Waals surface area contributed by atoms with E-state index in [1.165, 1.54) is 32.1 Å². The van der Waals surface area contributed by atoms with E-state index in [0.717, 1.165) is 49.5 Å². The van der Waals surface area contributed by atoms with Gasteiger partial charge in [0.25, 0.3) is 5.89 Å². The van der Waals surface area contributed by atoms with E-state index in [-0.39, 0.29) is 0 Å². The molecule has 0 bridgehead atoms. The molecular formula is C22H29N3O3. The third-order valence-corrected chi connectivity index (χ3v) is 6.10. The van der Waals surface area contributed by atoms with Crippen molar-refractivity contribution in [3.05, 3.63) is 30.1 Å². The number of nitrogens with zero attached hydrogens (tertiary/aromatic N) is 3. The van der Waals surface area contributed by atoms with Gasteiger partial charge in [0.05, 0.1) is 7.11 Å². The van der Waals surface area contributed by atoms with E-state index in [9.17, 15) is 4.79 Å². The summed E-state index contributed by atoms with van der Waals surface area (Å²) in [5, 5.41) is 4.14. The summed E-state index contributed by atoms with van der Waals surface area (Å²) in [7, 11) is 1.64. The van der Waals surface area contributed by atoms with Crippen molar-refractivity contribution < 1.29 is 14.1 Å². The van der Waals surface area contributed by atoms with Gasteiger partial charge in [-0.1, -0.05) is 24.4 Å². The maximum Gasteiger partial charge on any atom is 0.257 e. The minimum Gasteiger partial charge on any atom is -0.497 e. The van der Waals surface area contributed by atoms with Crippen molar-refractivity contribution in [2.45, 2.75) is 51.4 Å². The van der Waals surface area contributed by atoms with Crippen LogP contribution in [0.2, 0.25) is 0 Å². The van der Waals surface area contributed by atoms with Crippen LogP contribution in [-0.4, -0.2) is 41.1 Å². The zero-order valence-electron chi connectivity index (χ0n) is 16.6. The van der Waals surface area contributed by atoms with E-state index >= 15 is 0 Å². The molecule has 6 nitrogen and oxygen atoms in total. The summed E-state index contributed by atoms with van der Waals surface area (Å²) in [6.45, 7) is 1.68. The lowest BCUT2D eigenvalue weighted by Gasteiger charge is -2.24. The van der Waals surface area contributed by atoms with Crippen molar-refractivity contribution in [3.63, 3.8) is 0 Å². The van der Waals surface area contributed by atoms with E-state index in [4.69, 9.17) is 9.26 Å². The average Bonchev–Trinajstić information content (AvgIpc) is 3.39. The minimum absolute atomic E-state index is 0.335. The van der Waals surface area contributed by atoms with Crippen molar-refractivity contribution >= 4 is 5.91 Å². The second kappa shape index (κ2) is 8.76. The molecule has 1 saturated carbocycles. The van der Waals surface area contributed by atoms with Gasteiger partial charge in [0.1, 0.15) is 5.75 Å². The molecule has 1 saturated heterocycles. The number of likely N-dealkylation sites (tertiary alicyclic amines) is 1. The molecule has 2 heterocycles. The van der Waals surface area contributed by atoms with Crippen molar-refractivity contribution in [1.82, 2.24) is 15.0 Å². The van der Waals surface area contributed by atoms with Crippen LogP contribution in [0.5, 0.6) is 5.75 Å². The zero-order chi connectivity index (χ0) is 19.3. The van der Waals surface area contributed by atoms with Crippen LogP contribution in [0.15, 0.2) is 28.8 Å². The Hall–Kier alpha value is -2.37. The smallest absolute Gasteiger partial charge is 0.257 e. The molecule has 4 rings (SSSR count). The lowest BCUT2D eigenvalue weighted by Crippen LogP contribution is -2.31. The monoisotopic (exact) mass is 383 g/mol. The summed E-state index contributed by atoms with van der Waals surface area (Å²) >= 11 is 0. The first kappa shape index (κ1) is 19.0. The van der Waals surface area contributed by atoms with Crippen LogP contribution in [0.4, 0.5) is 0 Å². The normalized spacial score (nSPS) is 20.5. The Morgan fingerprint density at radius 3 is 2.68 bits per heavy atom. The largest absolute Gasteiger partial charge is 0.497 e. The third-order valence-electron chi connectivity index (χ3n) is 6.10. The lowest BCUT2D eigenvalue weighted by atomic mass is 9.87. The first-order valence-corrected chi connectivity index (χ1v) is 10.5. The summed E-state index contributed by atoms with van der Waals surface area (Å²) in [4.78, 5) is 19.2. The molecule has 2 fully saturated rings. The molecular weight excluding hydrogens is 354 g/mol. The van der Waals surface area contributed by atoms with Gasteiger partial charge in [-0.3, -0.25) is 4.79 Å². The molecule has 150 valence electrons. The van der Waals surface area contributed by atoms with Gasteiger partial charge in [0.15, 0.2) is 5.82 Å². The van der Waals surface area contributed by atoms with Crippen molar-refractivity contribution in [3.8, 4) is 17.2 Å². The zero-order valence-corrected chi connectivity index (χ0v) is 16.6. The highest BCUT2D eigenvalue weighted by Gasteiger charge is 2.29. The Morgan fingerprint density at radius 2 is 1.93 bits per heavy atom. The Morgan fingerprint density at radius 1 is 1.14 bits per heavy atom. The van der Waals surface area contributed by atoms with Crippen molar-refractivity contribution in [2.75, 3.05) is 20.2 Å². The molecule has 1 aromatic heterocycles. The predicted octanol–water partition coefficient (Wildman–Crippen LogP) is 4.11. The highest BCUT2D eigenvalue weighted by atomic mass is 16.5. The molecule has 0 N–H and O–H groups in total. The number of aromatic nitrogens is 2. The van der Waals surface area contributed by atoms with Crippen molar-refractivity contribution in [2.24, 2.45) is 11.8 Å². The molecule has 1 atom stereocenters. The van der Waals surface area contributed by atoms with Gasteiger partial charge >= 0.3 is 0 Å². The first-order chi connectivity index (χ1) is 13.7. The number of benzene rings is 1. The molecule has 2 aromatic rings. The number of rotatable bonds is 6. The molecule has 1 aliphatic heterocycles. The van der Waals surface area contributed by atoms with Gasteiger partial charge in [0, 0.05) is 31.5 Å². The van der Waals surface area contributed by atoms with Crippen LogP contribution in [0.25, 0.3) is 11.5 Å². The second-order valence-corrected chi connectivity index (χ2v) is 8.15. The predicted molar refractivity (Wildman–Crippen MR) is 106 cm³/mol. The minimum atomic E-state index is 0.335. The van der Waals surface area contributed by atoms with Crippen LogP contribution in [-0.2, 0) is 11.2 Å². The van der Waals surface area contributed by atoms with Gasteiger partial charge in [-0.25, -0.2) is 0 Å². The fourth-order valence-corrected chi connectivity index (χ4v) is 4.44. The van der Waals surface area contributed by atoms with Crippen LogP contribution < -0.4 is 4.74 Å². The van der Waals surface area contributed by atoms with E-state index < -0.39 is 0 Å². The molecule has 0 spiro atoms. The van der Waals surface area contributed by atoms with Crippen LogP contribution in [0, 0.1) is 11.8 Å². The van der Waals surface area contributed by atoms with E-state index in [0.29, 0.717) is 23.6 Å². The van der Waals surface area contributed by atoms with Gasteiger partial charge in [0.2, 0.25) is 5.91 Å². The Labute approximate surface area is 166 Å². The number of carbonyl (C=O) groups is 1. The maximum atomic E-state index is 12.6. The maximum absolute atomic E-state index is 12.6. The quantitative estimate of drug-likeness (QED) is 0.751. The van der Waals surface area contributed by atoms with E-state index in [1.54, 1.807) is 7.11 Å². The second-order valence-electron chi connectivity index (χ2n) is 8.15. The van der Waals surface area contributed by atoms with Crippen molar-refractivity contribution in [1.29, 1.82) is 0 Å². The summed E-state index contributed by atoms with van der Waals surface area (Å²) < 4.78 is 10.6. The molecule has 28 heavy (non-hydrogen) atoms. The van der Waals surface area contributed by atoms with Crippen LogP contribution in [0.1, 0.15) is 50.8 Å². The number of methoxy groups -OCH3 is 1. The molecule has 2 aliphatic rings. The summed E-state index contributed by atoms with van der Waals surface area (Å²) in [6, 6.07) is 7.59. The standard InChI is InChI=1S/C22H29N3O3/c1-27-19-9-7-18(8-10-19)22-23-20(24-28-22)13-17-11-12-25(15-17)21(26)14-16-5-3-2-4-6-16/h7-10,16-17H,2-6,11-15H2,1H3. The molecule has 1 aromatic carbocycles.